The molecule has 0 fully saturated rings. The molecule has 0 saturated carbocycles. The van der Waals surface area contributed by atoms with Crippen LogP contribution in [0.1, 0.15) is 49.6 Å². The van der Waals surface area contributed by atoms with Crippen molar-refractivity contribution in [3.63, 3.8) is 0 Å². The van der Waals surface area contributed by atoms with Gasteiger partial charge in [0, 0.05) is 45.3 Å². The van der Waals surface area contributed by atoms with Gasteiger partial charge >= 0.3 is 0 Å². The van der Waals surface area contributed by atoms with Crippen LogP contribution in [0.5, 0.6) is 0 Å². The van der Waals surface area contributed by atoms with E-state index in [-0.39, 0.29) is 35.0 Å². The number of rotatable bonds is 13. The number of imidazole rings is 1. The summed E-state index contributed by atoms with van der Waals surface area (Å²) >= 11 is 6.04. The molecule has 40 heavy (non-hydrogen) atoms. The minimum absolute atomic E-state index is 0.0282. The van der Waals surface area contributed by atoms with Gasteiger partial charge in [-0.1, -0.05) is 31.2 Å². The van der Waals surface area contributed by atoms with E-state index in [9.17, 15) is 9.18 Å². The number of carbonyl (C=O) groups excluding carboxylic acids is 1. The molecule has 1 atom stereocenters. The molecule has 216 valence electrons. The number of nitriles is 1. The third kappa shape index (κ3) is 8.24. The molecular weight excluding hydrogens is 551 g/mol. The number of nitrogens with one attached hydrogen (secondary N) is 1. The normalized spacial score (nSPS) is 12.8. The van der Waals surface area contributed by atoms with Crippen LogP contribution < -0.4 is 5.32 Å². The van der Waals surface area contributed by atoms with Crippen LogP contribution in [0, 0.1) is 17.1 Å². The van der Waals surface area contributed by atoms with Gasteiger partial charge in [-0.15, -0.1) is 0 Å². The minimum Gasteiger partial charge on any atom is -0.368 e. The van der Waals surface area contributed by atoms with Crippen molar-refractivity contribution < 1.29 is 18.7 Å². The first-order valence-corrected chi connectivity index (χ1v) is 17.4. The maximum Gasteiger partial charge on any atom is 0.271 e. The molecule has 2 aromatic heterocycles. The van der Waals surface area contributed by atoms with Gasteiger partial charge in [0.15, 0.2) is 0 Å². The predicted octanol–water partition coefficient (Wildman–Crippen LogP) is 5.81. The maximum absolute atomic E-state index is 14.2. The second-order valence-corrected chi connectivity index (χ2v) is 17.5. The Hall–Kier alpha value is -3.04. The van der Waals surface area contributed by atoms with Gasteiger partial charge in [-0.3, -0.25) is 9.48 Å². The highest BCUT2D eigenvalue weighted by Crippen LogP contribution is 2.27. The highest BCUT2D eigenvalue weighted by Gasteiger charge is 2.29. The van der Waals surface area contributed by atoms with Crippen LogP contribution in [-0.4, -0.2) is 52.6 Å². The molecule has 0 aliphatic heterocycles. The topological polar surface area (TPSA) is 107 Å². The van der Waals surface area contributed by atoms with E-state index in [2.05, 4.69) is 35.0 Å². The number of hydrogen-bond acceptors (Lipinski definition) is 6. The van der Waals surface area contributed by atoms with E-state index in [4.69, 9.17) is 26.3 Å². The molecule has 0 unspecified atom stereocenters. The van der Waals surface area contributed by atoms with Crippen molar-refractivity contribution in [2.45, 2.75) is 78.3 Å². The third-order valence-corrected chi connectivity index (χ3v) is 8.21. The summed E-state index contributed by atoms with van der Waals surface area (Å²) in [5.41, 5.74) is 0.320. The van der Waals surface area contributed by atoms with Crippen molar-refractivity contribution in [3.05, 3.63) is 58.5 Å². The Labute approximate surface area is 241 Å². The number of ether oxygens (including phenoxy) is 2. The van der Waals surface area contributed by atoms with Crippen LogP contribution in [0.4, 0.5) is 4.39 Å². The fourth-order valence-corrected chi connectivity index (χ4v) is 5.15. The quantitative estimate of drug-likeness (QED) is 0.199. The Kier molecular flexibility index (Phi) is 10.3. The van der Waals surface area contributed by atoms with Gasteiger partial charge in [-0.2, -0.15) is 10.4 Å². The lowest BCUT2D eigenvalue weighted by molar-refractivity contribution is -0.0289. The van der Waals surface area contributed by atoms with Gasteiger partial charge in [0.25, 0.3) is 5.91 Å². The number of hydrogen-bond donors (Lipinski definition) is 1. The lowest BCUT2D eigenvalue weighted by Crippen LogP contribution is -2.36. The molecule has 1 N–H and O–H groups in total. The van der Waals surface area contributed by atoms with Crippen LogP contribution in [0.3, 0.4) is 0 Å². The van der Waals surface area contributed by atoms with Crippen molar-refractivity contribution in [2.75, 3.05) is 13.2 Å². The summed E-state index contributed by atoms with van der Waals surface area (Å²) in [5, 5.41) is 16.5. The zero-order chi connectivity index (χ0) is 29.7. The van der Waals surface area contributed by atoms with Gasteiger partial charge in [0.1, 0.15) is 41.3 Å². The average Bonchev–Trinajstić information content (AvgIpc) is 3.49. The highest BCUT2D eigenvalue weighted by atomic mass is 35.5. The average molecular weight is 589 g/mol. The largest absolute Gasteiger partial charge is 0.368 e. The first kappa shape index (κ1) is 31.5. The van der Waals surface area contributed by atoms with E-state index < -0.39 is 19.5 Å². The van der Waals surface area contributed by atoms with Crippen molar-refractivity contribution in [1.82, 2.24) is 24.6 Å². The van der Waals surface area contributed by atoms with Crippen LogP contribution in [0.2, 0.25) is 30.7 Å². The fraction of sp³-hybridized carbons (Fsp3) is 0.500. The zero-order valence-electron chi connectivity index (χ0n) is 24.2. The molecule has 0 saturated heterocycles. The maximum atomic E-state index is 14.2. The smallest absolute Gasteiger partial charge is 0.271 e. The SMILES string of the molecule is CCOC(C)(C)c1nc(C(=O)N[C@@H](C)Cn2ccc(-c3cc(F)c(C#N)c(Cl)c3)n2)cn1COCC[Si](C)(C)C. The lowest BCUT2D eigenvalue weighted by atomic mass is 10.1. The van der Waals surface area contributed by atoms with Gasteiger partial charge in [0.05, 0.1) is 17.3 Å². The Bertz CT molecular complexity index is 1350. The van der Waals surface area contributed by atoms with Gasteiger partial charge < -0.3 is 19.4 Å². The molecular formula is C28H38ClFN6O3Si. The van der Waals surface area contributed by atoms with E-state index in [0.29, 0.717) is 36.8 Å². The second kappa shape index (κ2) is 13.1. The predicted molar refractivity (Wildman–Crippen MR) is 155 cm³/mol. The first-order valence-electron chi connectivity index (χ1n) is 13.3. The number of benzene rings is 1. The summed E-state index contributed by atoms with van der Waals surface area (Å²) in [6.45, 7) is 16.3. The number of nitrogens with zero attached hydrogens (tertiary/aromatic N) is 5. The number of amides is 1. The monoisotopic (exact) mass is 588 g/mol. The molecule has 0 spiro atoms. The molecule has 9 nitrogen and oxygen atoms in total. The molecule has 0 radical (unpaired) electrons. The Morgan fingerprint density at radius 2 is 2.05 bits per heavy atom. The number of halogens is 2. The van der Waals surface area contributed by atoms with Crippen LogP contribution in [-0.2, 0) is 28.4 Å². The molecule has 0 aliphatic rings. The van der Waals surface area contributed by atoms with Gasteiger partial charge in [0.2, 0.25) is 0 Å². The molecule has 0 aliphatic carbocycles. The molecule has 2 heterocycles. The van der Waals surface area contributed by atoms with Crippen LogP contribution in [0.25, 0.3) is 11.3 Å². The van der Waals surface area contributed by atoms with Crippen molar-refractivity contribution >= 4 is 25.6 Å². The summed E-state index contributed by atoms with van der Waals surface area (Å²) in [4.78, 5) is 17.8. The molecule has 3 rings (SSSR count). The van der Waals surface area contributed by atoms with E-state index in [1.807, 2.05) is 32.3 Å². The summed E-state index contributed by atoms with van der Waals surface area (Å²) in [5.74, 6) is -0.409. The van der Waals surface area contributed by atoms with Crippen LogP contribution >= 0.6 is 11.6 Å². The van der Waals surface area contributed by atoms with Gasteiger partial charge in [-0.25, -0.2) is 9.37 Å². The van der Waals surface area contributed by atoms with Crippen LogP contribution in [0.15, 0.2) is 30.6 Å². The molecule has 3 aromatic rings. The number of carbonyl (C=O) groups is 1. The van der Waals surface area contributed by atoms with E-state index >= 15 is 0 Å². The Morgan fingerprint density at radius 3 is 2.67 bits per heavy atom. The standard InChI is InChI=1S/C28H38ClFN6O3Si/c1-8-39-28(3,4)27-33-25(17-35(27)18-38-11-12-40(5,6)7)26(37)32-19(2)16-36-10-9-24(34-36)20-13-22(29)21(15-31)23(30)14-20/h9-10,13-14,17,19H,8,11-12,16,18H2,1-7H3,(H,32,37)/t19-/m0/s1. The molecule has 1 amide bonds. The lowest BCUT2D eigenvalue weighted by Gasteiger charge is -2.25. The summed E-state index contributed by atoms with van der Waals surface area (Å²) in [6.07, 6.45) is 3.43. The van der Waals surface area contributed by atoms with E-state index in [1.54, 1.807) is 29.2 Å². The van der Waals surface area contributed by atoms with Gasteiger partial charge in [-0.05, 0) is 51.9 Å². The van der Waals surface area contributed by atoms with Crippen molar-refractivity contribution in [1.29, 1.82) is 5.26 Å². The fourth-order valence-electron chi connectivity index (χ4n) is 4.14. The zero-order valence-corrected chi connectivity index (χ0v) is 26.0. The molecule has 12 heteroatoms. The van der Waals surface area contributed by atoms with E-state index in [1.165, 1.54) is 12.1 Å². The summed E-state index contributed by atoms with van der Waals surface area (Å²) < 4.78 is 29.5. The minimum atomic E-state index is -1.23. The van der Waals surface area contributed by atoms with E-state index in [0.717, 1.165) is 6.04 Å². The summed E-state index contributed by atoms with van der Waals surface area (Å²) in [7, 11) is -1.23. The Morgan fingerprint density at radius 1 is 1.32 bits per heavy atom. The highest BCUT2D eigenvalue weighted by molar-refractivity contribution is 6.76. The molecule has 1 aromatic carbocycles. The van der Waals surface area contributed by atoms with Crippen molar-refractivity contribution in [3.8, 4) is 17.3 Å². The van der Waals surface area contributed by atoms with Crippen molar-refractivity contribution in [2.24, 2.45) is 0 Å². The molecule has 0 bridgehead atoms. The third-order valence-electron chi connectivity index (χ3n) is 6.21. The second-order valence-electron chi connectivity index (χ2n) is 11.4. The Balaban J connectivity index is 1.69. The summed E-state index contributed by atoms with van der Waals surface area (Å²) in [6, 6.07) is 6.96. The first-order chi connectivity index (χ1) is 18.7. The number of aromatic nitrogens is 4.